The van der Waals surface area contributed by atoms with Crippen molar-refractivity contribution >= 4 is 16.0 Å². The number of nitrogens with zero attached hydrogens (tertiary/aromatic N) is 1. The predicted molar refractivity (Wildman–Crippen MR) is 93.3 cm³/mol. The first-order valence-corrected chi connectivity index (χ1v) is 9.63. The molecule has 0 atom stereocenters. The smallest absolute Gasteiger partial charge is 0.308 e. The van der Waals surface area contributed by atoms with Crippen molar-refractivity contribution in [2.75, 3.05) is 26.0 Å². The first-order valence-electron chi connectivity index (χ1n) is 8.05. The minimum Gasteiger partial charge on any atom is -0.383 e. The van der Waals surface area contributed by atoms with Gasteiger partial charge in [0, 0.05) is 26.6 Å². The molecule has 0 heterocycles. The summed E-state index contributed by atoms with van der Waals surface area (Å²) in [7, 11) is -1.93. The lowest BCUT2D eigenvalue weighted by Gasteiger charge is -2.23. The van der Waals surface area contributed by atoms with Gasteiger partial charge in [-0.3, -0.25) is 4.79 Å². The van der Waals surface area contributed by atoms with E-state index in [1.807, 2.05) is 13.8 Å². The van der Waals surface area contributed by atoms with Gasteiger partial charge in [-0.1, -0.05) is 26.0 Å². The quantitative estimate of drug-likeness (QED) is 0.601. The van der Waals surface area contributed by atoms with Crippen LogP contribution in [0.4, 0.5) is 0 Å². The molecule has 0 bridgehead atoms. The SMILES string of the molecule is CCS(=O)(=O)Oc1ccc(CN(CCOC)C(=O)CC(C)C)cc1. The fourth-order valence-electron chi connectivity index (χ4n) is 2.05. The minimum atomic E-state index is -3.53. The van der Waals surface area contributed by atoms with E-state index in [0.717, 1.165) is 5.56 Å². The van der Waals surface area contributed by atoms with Crippen LogP contribution in [-0.4, -0.2) is 45.2 Å². The van der Waals surface area contributed by atoms with Crippen LogP contribution in [0.1, 0.15) is 32.8 Å². The Morgan fingerprint density at radius 2 is 1.83 bits per heavy atom. The third-order valence-electron chi connectivity index (χ3n) is 3.37. The van der Waals surface area contributed by atoms with E-state index in [1.54, 1.807) is 36.3 Å². The van der Waals surface area contributed by atoms with E-state index in [4.69, 9.17) is 8.92 Å². The van der Waals surface area contributed by atoms with Crippen LogP contribution in [0.5, 0.6) is 5.75 Å². The minimum absolute atomic E-state index is 0.0796. The Labute approximate surface area is 144 Å². The van der Waals surface area contributed by atoms with Gasteiger partial charge in [0.25, 0.3) is 0 Å². The third kappa shape index (κ3) is 7.31. The van der Waals surface area contributed by atoms with Crippen molar-refractivity contribution in [3.8, 4) is 5.75 Å². The number of ether oxygens (including phenoxy) is 1. The fraction of sp³-hybridized carbons (Fsp3) is 0.588. The van der Waals surface area contributed by atoms with E-state index >= 15 is 0 Å². The molecule has 0 saturated heterocycles. The number of hydrogen-bond donors (Lipinski definition) is 0. The van der Waals surface area contributed by atoms with Gasteiger partial charge < -0.3 is 13.8 Å². The van der Waals surface area contributed by atoms with Gasteiger partial charge in [0.05, 0.1) is 12.4 Å². The molecule has 1 aromatic rings. The molecule has 0 radical (unpaired) electrons. The Morgan fingerprint density at radius 1 is 1.21 bits per heavy atom. The van der Waals surface area contributed by atoms with Crippen molar-refractivity contribution in [2.24, 2.45) is 5.92 Å². The van der Waals surface area contributed by atoms with Crippen molar-refractivity contribution in [3.05, 3.63) is 29.8 Å². The third-order valence-corrected chi connectivity index (χ3v) is 4.53. The maximum atomic E-state index is 12.3. The Morgan fingerprint density at radius 3 is 2.33 bits per heavy atom. The molecule has 0 aliphatic rings. The van der Waals surface area contributed by atoms with E-state index in [9.17, 15) is 13.2 Å². The van der Waals surface area contributed by atoms with E-state index in [1.165, 1.54) is 6.92 Å². The molecule has 136 valence electrons. The summed E-state index contributed by atoms with van der Waals surface area (Å²) in [6.07, 6.45) is 0.486. The number of carbonyl (C=O) groups excluding carboxylic acids is 1. The van der Waals surface area contributed by atoms with Gasteiger partial charge in [0.2, 0.25) is 5.91 Å². The molecule has 24 heavy (non-hydrogen) atoms. The maximum absolute atomic E-state index is 12.3. The first kappa shape index (κ1) is 20.4. The van der Waals surface area contributed by atoms with Crippen molar-refractivity contribution in [2.45, 2.75) is 33.7 Å². The fourth-order valence-corrected chi connectivity index (χ4v) is 2.57. The molecule has 1 aromatic carbocycles. The summed E-state index contributed by atoms with van der Waals surface area (Å²) in [6.45, 7) is 6.98. The highest BCUT2D eigenvalue weighted by atomic mass is 32.2. The van der Waals surface area contributed by atoms with E-state index in [-0.39, 0.29) is 23.3 Å². The predicted octanol–water partition coefficient (Wildman–Crippen LogP) is 2.44. The summed E-state index contributed by atoms with van der Waals surface area (Å²) >= 11 is 0. The van der Waals surface area contributed by atoms with Crippen LogP contribution in [0.25, 0.3) is 0 Å². The van der Waals surface area contributed by atoms with Gasteiger partial charge in [-0.25, -0.2) is 0 Å². The van der Waals surface area contributed by atoms with Crippen molar-refractivity contribution in [3.63, 3.8) is 0 Å². The highest BCUT2D eigenvalue weighted by molar-refractivity contribution is 7.87. The summed E-state index contributed by atoms with van der Waals surface area (Å²) in [5.74, 6) is 0.564. The molecule has 0 fully saturated rings. The molecule has 1 rings (SSSR count). The van der Waals surface area contributed by atoms with Crippen LogP contribution in [-0.2, 0) is 26.2 Å². The van der Waals surface area contributed by atoms with Crippen LogP contribution < -0.4 is 4.18 Å². The zero-order chi connectivity index (χ0) is 18.2. The molecule has 0 spiro atoms. The molecule has 0 aliphatic heterocycles. The highest BCUT2D eigenvalue weighted by Crippen LogP contribution is 2.16. The monoisotopic (exact) mass is 357 g/mol. The number of hydrogen-bond acceptors (Lipinski definition) is 5. The normalized spacial score (nSPS) is 11.5. The van der Waals surface area contributed by atoms with Gasteiger partial charge >= 0.3 is 10.1 Å². The molecule has 0 aromatic heterocycles. The standard InChI is InChI=1S/C17H27NO5S/c1-5-24(20,21)23-16-8-6-15(7-9-16)13-18(10-11-22-4)17(19)12-14(2)3/h6-9,14H,5,10-13H2,1-4H3. The van der Waals surface area contributed by atoms with Gasteiger partial charge in [-0.2, -0.15) is 8.42 Å². The molecule has 0 N–H and O–H groups in total. The van der Waals surface area contributed by atoms with E-state index in [0.29, 0.717) is 26.1 Å². The van der Waals surface area contributed by atoms with Crippen LogP contribution in [0.15, 0.2) is 24.3 Å². The number of carbonyl (C=O) groups is 1. The van der Waals surface area contributed by atoms with Gasteiger partial charge in [0.15, 0.2) is 0 Å². The topological polar surface area (TPSA) is 72.9 Å². The number of rotatable bonds is 10. The second-order valence-corrected chi connectivity index (χ2v) is 7.84. The summed E-state index contributed by atoms with van der Waals surface area (Å²) in [5.41, 5.74) is 0.907. The van der Waals surface area contributed by atoms with Crippen molar-refractivity contribution in [1.29, 1.82) is 0 Å². The van der Waals surface area contributed by atoms with Gasteiger partial charge in [0.1, 0.15) is 5.75 Å². The zero-order valence-electron chi connectivity index (χ0n) is 14.8. The average Bonchev–Trinajstić information content (AvgIpc) is 2.52. The number of benzene rings is 1. The molecule has 1 amide bonds. The van der Waals surface area contributed by atoms with E-state index < -0.39 is 10.1 Å². The molecular formula is C17H27NO5S. The second-order valence-electron chi connectivity index (χ2n) is 5.98. The van der Waals surface area contributed by atoms with Crippen LogP contribution in [0.2, 0.25) is 0 Å². The molecular weight excluding hydrogens is 330 g/mol. The maximum Gasteiger partial charge on any atom is 0.308 e. The Bertz CT molecular complexity index is 610. The molecule has 0 saturated carbocycles. The number of methoxy groups -OCH3 is 1. The molecule has 0 unspecified atom stereocenters. The second kappa shape index (κ2) is 9.64. The first-order chi connectivity index (χ1) is 11.3. The molecule has 6 nitrogen and oxygen atoms in total. The lowest BCUT2D eigenvalue weighted by molar-refractivity contribution is -0.133. The lowest BCUT2D eigenvalue weighted by atomic mass is 10.1. The van der Waals surface area contributed by atoms with Crippen molar-refractivity contribution in [1.82, 2.24) is 4.90 Å². The van der Waals surface area contributed by atoms with Crippen LogP contribution >= 0.6 is 0 Å². The summed E-state index contributed by atoms with van der Waals surface area (Å²) in [5, 5.41) is 0. The summed E-state index contributed by atoms with van der Waals surface area (Å²) in [4.78, 5) is 14.1. The summed E-state index contributed by atoms with van der Waals surface area (Å²) < 4.78 is 32.9. The Hall–Kier alpha value is -1.60. The molecule has 7 heteroatoms. The van der Waals surface area contributed by atoms with Crippen LogP contribution in [0.3, 0.4) is 0 Å². The van der Waals surface area contributed by atoms with Gasteiger partial charge in [-0.15, -0.1) is 0 Å². The Kier molecular flexibility index (Phi) is 8.21. The molecule has 0 aliphatic carbocycles. The highest BCUT2D eigenvalue weighted by Gasteiger charge is 2.15. The summed E-state index contributed by atoms with van der Waals surface area (Å²) in [6, 6.07) is 6.74. The number of amides is 1. The van der Waals surface area contributed by atoms with E-state index in [2.05, 4.69) is 0 Å². The van der Waals surface area contributed by atoms with Crippen molar-refractivity contribution < 1.29 is 22.1 Å². The lowest BCUT2D eigenvalue weighted by Crippen LogP contribution is -2.34. The van der Waals surface area contributed by atoms with Gasteiger partial charge in [-0.05, 0) is 30.5 Å². The largest absolute Gasteiger partial charge is 0.383 e. The Balaban J connectivity index is 2.77. The average molecular weight is 357 g/mol. The van der Waals surface area contributed by atoms with Crippen LogP contribution in [0, 0.1) is 5.92 Å². The zero-order valence-corrected chi connectivity index (χ0v) is 15.6.